The van der Waals surface area contributed by atoms with Crippen LogP contribution in [0.15, 0.2) is 25.3 Å². The Hall–Kier alpha value is -2.96. The number of ether oxygens (including phenoxy) is 2. The molecule has 6 nitrogen and oxygen atoms in total. The molecule has 0 fully saturated rings. The van der Waals surface area contributed by atoms with Gasteiger partial charge < -0.3 is 9.47 Å². The summed E-state index contributed by atoms with van der Waals surface area (Å²) in [5, 5.41) is 0. The van der Waals surface area contributed by atoms with Gasteiger partial charge in [0.25, 0.3) is 0 Å². The van der Waals surface area contributed by atoms with Crippen LogP contribution >= 0.6 is 0 Å². The van der Waals surface area contributed by atoms with Gasteiger partial charge in [0.05, 0.1) is 27.3 Å². The maximum atomic E-state index is 13.7. The fourth-order valence-electron chi connectivity index (χ4n) is 3.12. The zero-order valence-corrected chi connectivity index (χ0v) is 19.2. The van der Waals surface area contributed by atoms with E-state index >= 15 is 0 Å². The number of esters is 2. The second kappa shape index (κ2) is 12.5. The van der Waals surface area contributed by atoms with Crippen LogP contribution in [0.25, 0.3) is 0 Å². The van der Waals surface area contributed by atoms with E-state index in [4.69, 9.17) is 0 Å². The van der Waals surface area contributed by atoms with Crippen LogP contribution in [-0.4, -0.2) is 86.6 Å². The molecule has 0 amide bonds. The lowest BCUT2D eigenvalue weighted by Crippen LogP contribution is -2.63. The van der Waals surface area contributed by atoms with E-state index in [0.29, 0.717) is 9.80 Å². The molecular weight excluding hydrogens is 470 g/mol. The van der Waals surface area contributed by atoms with Gasteiger partial charge in [-0.25, -0.2) is 9.59 Å². The molecule has 0 rings (SSSR count). The third kappa shape index (κ3) is 6.33. The fourth-order valence-corrected chi connectivity index (χ4v) is 3.12. The summed E-state index contributed by atoms with van der Waals surface area (Å²) in [6, 6.07) is 0. The summed E-state index contributed by atoms with van der Waals surface area (Å²) in [6.07, 6.45) is -9.79. The SMILES string of the molecule is C=CCC(C(=O)OC)(N(C)CC#CC#CCN(C)C(CC=C)(C(=O)OC)C(F)(F)F)C(F)(F)F. The summed E-state index contributed by atoms with van der Waals surface area (Å²) < 4.78 is 91.0. The van der Waals surface area contributed by atoms with Gasteiger partial charge in [-0.3, -0.25) is 9.80 Å². The van der Waals surface area contributed by atoms with Gasteiger partial charge in [-0.1, -0.05) is 24.0 Å². The quantitative estimate of drug-likeness (QED) is 0.201. The molecule has 0 saturated heterocycles. The topological polar surface area (TPSA) is 59.1 Å². The Morgan fingerprint density at radius 1 is 0.765 bits per heavy atom. The van der Waals surface area contributed by atoms with Crippen molar-refractivity contribution in [2.24, 2.45) is 0 Å². The van der Waals surface area contributed by atoms with Crippen LogP contribution in [0.5, 0.6) is 0 Å². The number of nitrogens with zero attached hydrogens (tertiary/aromatic N) is 2. The van der Waals surface area contributed by atoms with Gasteiger partial charge in [0.2, 0.25) is 11.1 Å². The summed E-state index contributed by atoms with van der Waals surface area (Å²) in [6.45, 7) is 5.35. The van der Waals surface area contributed by atoms with Gasteiger partial charge in [-0.05, 0) is 25.9 Å². The number of methoxy groups -OCH3 is 2. The van der Waals surface area contributed by atoms with E-state index in [-0.39, 0.29) is 0 Å². The molecule has 0 aliphatic rings. The summed E-state index contributed by atoms with van der Waals surface area (Å²) in [7, 11) is 3.64. The van der Waals surface area contributed by atoms with Crippen LogP contribution in [0.3, 0.4) is 0 Å². The monoisotopic (exact) mass is 496 g/mol. The minimum Gasteiger partial charge on any atom is -0.467 e. The lowest BCUT2D eigenvalue weighted by molar-refractivity contribution is -0.235. The second-order valence-electron chi connectivity index (χ2n) is 7.00. The van der Waals surface area contributed by atoms with Crippen molar-refractivity contribution in [3.05, 3.63) is 25.3 Å². The number of alkyl halides is 6. The van der Waals surface area contributed by atoms with Crippen LogP contribution in [0.2, 0.25) is 0 Å². The van der Waals surface area contributed by atoms with Gasteiger partial charge in [0.15, 0.2) is 0 Å². The van der Waals surface area contributed by atoms with Crippen LogP contribution in [0.1, 0.15) is 12.8 Å². The van der Waals surface area contributed by atoms with Crippen LogP contribution in [-0.2, 0) is 19.1 Å². The first-order valence-electron chi connectivity index (χ1n) is 9.54. The van der Waals surface area contributed by atoms with E-state index in [2.05, 4.69) is 46.3 Å². The third-order valence-corrected chi connectivity index (χ3v) is 5.04. The van der Waals surface area contributed by atoms with Gasteiger partial charge in [0, 0.05) is 12.8 Å². The largest absolute Gasteiger partial charge is 0.467 e. The van der Waals surface area contributed by atoms with Crippen molar-refractivity contribution in [1.82, 2.24) is 9.80 Å². The number of carbonyl (C=O) groups excluding carboxylic acids is 2. The Morgan fingerprint density at radius 3 is 1.26 bits per heavy atom. The number of carbonyl (C=O) groups is 2. The number of hydrogen-bond donors (Lipinski definition) is 0. The van der Waals surface area contributed by atoms with Crippen molar-refractivity contribution in [2.75, 3.05) is 41.4 Å². The molecular formula is C22H26F6N2O4. The highest BCUT2D eigenvalue weighted by Crippen LogP contribution is 2.40. The van der Waals surface area contributed by atoms with Crippen molar-refractivity contribution in [2.45, 2.75) is 36.3 Å². The Kier molecular flexibility index (Phi) is 11.4. The predicted molar refractivity (Wildman–Crippen MR) is 112 cm³/mol. The molecule has 0 bridgehead atoms. The third-order valence-electron chi connectivity index (χ3n) is 5.04. The highest BCUT2D eigenvalue weighted by Gasteiger charge is 2.64. The van der Waals surface area contributed by atoms with Crippen molar-refractivity contribution in [3.63, 3.8) is 0 Å². The standard InChI is InChI=1S/C22H26F6N2O4/c1-7-13-19(17(31)33-5,21(23,24)25)29(3)15-11-9-10-12-16-30(4)20(14-8-2,18(32)34-6)22(26,27)28/h7-8H,1-2,13-16H2,3-6H3. The summed E-state index contributed by atoms with van der Waals surface area (Å²) in [5.41, 5.74) is -6.05. The molecule has 0 aliphatic carbocycles. The van der Waals surface area contributed by atoms with Gasteiger partial charge in [-0.15, -0.1) is 13.2 Å². The average Bonchev–Trinajstić information content (AvgIpc) is 2.74. The molecule has 0 radical (unpaired) electrons. The number of rotatable bonds is 10. The van der Waals surface area contributed by atoms with E-state index in [1.807, 2.05) is 0 Å². The molecule has 0 heterocycles. The van der Waals surface area contributed by atoms with Crippen molar-refractivity contribution < 1.29 is 45.4 Å². The Bertz CT molecular complexity index is 806. The highest BCUT2D eigenvalue weighted by molar-refractivity contribution is 5.83. The first-order chi connectivity index (χ1) is 15.6. The Balaban J connectivity index is 5.74. The number of hydrogen-bond acceptors (Lipinski definition) is 6. The van der Waals surface area contributed by atoms with Gasteiger partial charge >= 0.3 is 24.3 Å². The molecule has 0 spiro atoms. The van der Waals surface area contributed by atoms with E-state index < -0.39 is 61.3 Å². The van der Waals surface area contributed by atoms with Gasteiger partial charge in [0.1, 0.15) is 0 Å². The van der Waals surface area contributed by atoms with Crippen molar-refractivity contribution in [1.29, 1.82) is 0 Å². The first-order valence-corrected chi connectivity index (χ1v) is 9.54. The van der Waals surface area contributed by atoms with E-state index in [0.717, 1.165) is 40.5 Å². The zero-order valence-electron chi connectivity index (χ0n) is 19.2. The fraction of sp³-hybridized carbons (Fsp3) is 0.545. The predicted octanol–water partition coefficient (Wildman–Crippen LogP) is 2.96. The molecule has 0 aromatic carbocycles. The maximum absolute atomic E-state index is 13.7. The summed E-state index contributed by atoms with van der Waals surface area (Å²) in [5.74, 6) is 5.96. The Morgan fingerprint density at radius 2 is 1.06 bits per heavy atom. The maximum Gasteiger partial charge on any atom is 0.417 e. The van der Waals surface area contributed by atoms with E-state index in [1.165, 1.54) is 0 Å². The van der Waals surface area contributed by atoms with Gasteiger partial charge in [-0.2, -0.15) is 26.3 Å². The first kappa shape index (κ1) is 31.0. The molecule has 34 heavy (non-hydrogen) atoms. The molecule has 12 heteroatoms. The lowest BCUT2D eigenvalue weighted by atomic mass is 9.92. The molecule has 0 aromatic rings. The van der Waals surface area contributed by atoms with Crippen LogP contribution < -0.4 is 0 Å². The normalized spacial score (nSPS) is 15.1. The average molecular weight is 496 g/mol. The Labute approximate surface area is 194 Å². The molecule has 0 N–H and O–H groups in total. The lowest BCUT2D eigenvalue weighted by Gasteiger charge is -2.38. The number of halogens is 6. The molecule has 2 atom stereocenters. The molecule has 190 valence electrons. The zero-order chi connectivity index (χ0) is 26.8. The van der Waals surface area contributed by atoms with Crippen LogP contribution in [0.4, 0.5) is 26.3 Å². The smallest absolute Gasteiger partial charge is 0.417 e. The minimum atomic E-state index is -5.01. The summed E-state index contributed by atoms with van der Waals surface area (Å²) >= 11 is 0. The second-order valence-corrected chi connectivity index (χ2v) is 7.00. The number of likely N-dealkylation sites (N-methyl/N-ethyl adjacent to an activating group) is 2. The minimum absolute atomic E-state index is 0.571. The molecule has 0 aliphatic heterocycles. The van der Waals surface area contributed by atoms with E-state index in [1.54, 1.807) is 0 Å². The molecule has 2 unspecified atom stereocenters. The highest BCUT2D eigenvalue weighted by atomic mass is 19.4. The molecule has 0 saturated carbocycles. The summed E-state index contributed by atoms with van der Waals surface area (Å²) in [4.78, 5) is 25.2. The van der Waals surface area contributed by atoms with Crippen molar-refractivity contribution >= 4 is 11.9 Å². The van der Waals surface area contributed by atoms with E-state index in [9.17, 15) is 35.9 Å². The molecule has 0 aromatic heterocycles. The van der Waals surface area contributed by atoms with Crippen molar-refractivity contribution in [3.8, 4) is 23.7 Å². The van der Waals surface area contributed by atoms with Crippen LogP contribution in [0, 0.1) is 23.7 Å².